The predicted molar refractivity (Wildman–Crippen MR) is 79.4 cm³/mol. The minimum atomic E-state index is 0.847. The number of nitrogens with zero attached hydrogens (tertiary/aromatic N) is 3. The summed E-state index contributed by atoms with van der Waals surface area (Å²) in [6.07, 6.45) is 0. The van der Waals surface area contributed by atoms with Gasteiger partial charge in [0.05, 0.1) is 0 Å². The van der Waals surface area contributed by atoms with Crippen molar-refractivity contribution >= 4 is 33.9 Å². The molecule has 0 aliphatic rings. The summed E-state index contributed by atoms with van der Waals surface area (Å²) in [5, 5.41) is 9.21. The van der Waals surface area contributed by atoms with Crippen LogP contribution in [0.15, 0.2) is 22.5 Å². The van der Waals surface area contributed by atoms with Crippen LogP contribution in [0.2, 0.25) is 0 Å². The Balaban J connectivity index is 2.04. The molecule has 1 heterocycles. The third kappa shape index (κ3) is 2.94. The average molecular weight is 280 g/mol. The molecular weight excluding hydrogens is 264 g/mol. The third-order valence-electron chi connectivity index (χ3n) is 2.62. The van der Waals surface area contributed by atoms with E-state index in [2.05, 4.69) is 23.2 Å². The number of hydrogen-bond acceptors (Lipinski definition) is 6. The number of hydrogen-bond donors (Lipinski definition) is 1. The van der Waals surface area contributed by atoms with Gasteiger partial charge in [-0.15, -0.1) is 10.2 Å². The molecule has 2 rings (SSSR count). The molecule has 0 saturated carbocycles. The Labute approximate surface area is 115 Å². The van der Waals surface area contributed by atoms with Crippen LogP contribution in [0.3, 0.4) is 0 Å². The highest BCUT2D eigenvalue weighted by Crippen LogP contribution is 2.30. The largest absolute Gasteiger partial charge is 0.399 e. The van der Waals surface area contributed by atoms with Crippen LogP contribution in [-0.2, 0) is 5.75 Å². The van der Waals surface area contributed by atoms with Crippen LogP contribution in [0.25, 0.3) is 0 Å². The quantitative estimate of drug-likeness (QED) is 0.689. The van der Waals surface area contributed by atoms with Crippen molar-refractivity contribution in [3.05, 3.63) is 29.3 Å². The van der Waals surface area contributed by atoms with Crippen LogP contribution in [-0.4, -0.2) is 24.3 Å². The number of nitrogen functional groups attached to an aromatic ring is 1. The summed E-state index contributed by atoms with van der Waals surface area (Å²) in [6.45, 7) is 2.05. The van der Waals surface area contributed by atoms with Gasteiger partial charge in [0.2, 0.25) is 5.13 Å². The lowest BCUT2D eigenvalue weighted by molar-refractivity contribution is 0.972. The number of benzene rings is 1. The van der Waals surface area contributed by atoms with Gasteiger partial charge >= 0.3 is 0 Å². The fourth-order valence-electron chi connectivity index (χ4n) is 1.44. The highest BCUT2D eigenvalue weighted by Gasteiger charge is 2.08. The minimum Gasteiger partial charge on any atom is -0.399 e. The van der Waals surface area contributed by atoms with Crippen LogP contribution in [0.5, 0.6) is 0 Å². The van der Waals surface area contributed by atoms with Crippen molar-refractivity contribution in [2.45, 2.75) is 17.0 Å². The van der Waals surface area contributed by atoms with Gasteiger partial charge in [0.1, 0.15) is 0 Å². The van der Waals surface area contributed by atoms with E-state index >= 15 is 0 Å². The topological polar surface area (TPSA) is 55.0 Å². The number of thioether (sulfide) groups is 1. The minimum absolute atomic E-state index is 0.847. The Morgan fingerprint density at radius 3 is 2.78 bits per heavy atom. The molecule has 0 aliphatic carbocycles. The molecule has 4 nitrogen and oxygen atoms in total. The van der Waals surface area contributed by atoms with Gasteiger partial charge in [0, 0.05) is 25.5 Å². The smallest absolute Gasteiger partial charge is 0.208 e. The van der Waals surface area contributed by atoms with Gasteiger partial charge in [-0.05, 0) is 24.1 Å². The monoisotopic (exact) mass is 280 g/mol. The molecule has 6 heteroatoms. The van der Waals surface area contributed by atoms with Crippen LogP contribution < -0.4 is 10.6 Å². The summed E-state index contributed by atoms with van der Waals surface area (Å²) in [5.41, 5.74) is 9.15. The average Bonchev–Trinajstić information content (AvgIpc) is 2.80. The van der Waals surface area contributed by atoms with Gasteiger partial charge in [-0.3, -0.25) is 0 Å². The fraction of sp³-hybridized carbons (Fsp3) is 0.333. The molecule has 1 aromatic heterocycles. The van der Waals surface area contributed by atoms with Crippen molar-refractivity contribution < 1.29 is 0 Å². The lowest BCUT2D eigenvalue weighted by Crippen LogP contribution is -2.07. The highest BCUT2D eigenvalue weighted by molar-refractivity contribution is 8.00. The normalized spacial score (nSPS) is 10.6. The van der Waals surface area contributed by atoms with Gasteiger partial charge in [0.15, 0.2) is 4.34 Å². The molecule has 0 amide bonds. The van der Waals surface area contributed by atoms with E-state index in [0.717, 1.165) is 26.5 Å². The maximum absolute atomic E-state index is 5.89. The lowest BCUT2D eigenvalue weighted by atomic mass is 10.1. The molecule has 0 unspecified atom stereocenters. The maximum atomic E-state index is 5.89. The SMILES string of the molecule is Cc1c(N)cccc1CSc1nnc(N(C)C)s1. The summed E-state index contributed by atoms with van der Waals surface area (Å²) in [4.78, 5) is 1.97. The first kappa shape index (κ1) is 13.2. The van der Waals surface area contributed by atoms with Crippen LogP contribution in [0, 0.1) is 6.92 Å². The van der Waals surface area contributed by atoms with Gasteiger partial charge in [-0.2, -0.15) is 0 Å². The molecular formula is C12H16N4S2. The van der Waals surface area contributed by atoms with Crippen molar-refractivity contribution in [3.8, 4) is 0 Å². The van der Waals surface area contributed by atoms with Crippen molar-refractivity contribution in [2.75, 3.05) is 24.7 Å². The Morgan fingerprint density at radius 1 is 1.33 bits per heavy atom. The van der Waals surface area contributed by atoms with E-state index in [1.165, 1.54) is 5.56 Å². The molecule has 0 fully saturated rings. The molecule has 2 N–H and O–H groups in total. The summed E-state index contributed by atoms with van der Waals surface area (Å²) in [7, 11) is 3.94. The van der Waals surface area contributed by atoms with Crippen LogP contribution in [0.4, 0.5) is 10.8 Å². The van der Waals surface area contributed by atoms with E-state index in [1.54, 1.807) is 23.1 Å². The van der Waals surface area contributed by atoms with Crippen molar-refractivity contribution in [3.63, 3.8) is 0 Å². The van der Waals surface area contributed by atoms with Crippen molar-refractivity contribution in [1.82, 2.24) is 10.2 Å². The van der Waals surface area contributed by atoms with Gasteiger partial charge in [-0.25, -0.2) is 0 Å². The van der Waals surface area contributed by atoms with Crippen LogP contribution >= 0.6 is 23.1 Å². The maximum Gasteiger partial charge on any atom is 0.208 e. The Morgan fingerprint density at radius 2 is 2.11 bits per heavy atom. The Hall–Kier alpha value is -1.27. The van der Waals surface area contributed by atoms with Crippen LogP contribution in [0.1, 0.15) is 11.1 Å². The molecule has 0 radical (unpaired) electrons. The fourth-order valence-corrected chi connectivity index (χ4v) is 3.27. The number of rotatable bonds is 4. The first-order valence-electron chi connectivity index (χ1n) is 5.55. The zero-order chi connectivity index (χ0) is 13.1. The molecule has 2 aromatic rings. The molecule has 0 bridgehead atoms. The second-order valence-electron chi connectivity index (χ2n) is 4.17. The number of nitrogens with two attached hydrogens (primary N) is 1. The van der Waals surface area contributed by atoms with Gasteiger partial charge < -0.3 is 10.6 Å². The summed E-state index contributed by atoms with van der Waals surface area (Å²) < 4.78 is 0.987. The van der Waals surface area contributed by atoms with E-state index in [0.29, 0.717) is 0 Å². The van der Waals surface area contributed by atoms with Gasteiger partial charge in [0.25, 0.3) is 0 Å². The standard InChI is InChI=1S/C12H16N4S2/c1-8-9(5-4-6-10(8)13)7-17-12-15-14-11(18-12)16(2)3/h4-6H,7,13H2,1-3H3. The Kier molecular flexibility index (Phi) is 4.08. The van der Waals surface area contributed by atoms with E-state index < -0.39 is 0 Å². The van der Waals surface area contributed by atoms with E-state index in [1.807, 2.05) is 31.1 Å². The molecule has 96 valence electrons. The first-order valence-corrected chi connectivity index (χ1v) is 7.35. The third-order valence-corrected chi connectivity index (χ3v) is 4.89. The first-order chi connectivity index (χ1) is 8.58. The van der Waals surface area contributed by atoms with Crippen molar-refractivity contribution in [1.29, 1.82) is 0 Å². The molecule has 0 atom stereocenters. The van der Waals surface area contributed by atoms with E-state index in [-0.39, 0.29) is 0 Å². The molecule has 1 aromatic carbocycles. The number of aromatic nitrogens is 2. The molecule has 18 heavy (non-hydrogen) atoms. The molecule has 0 spiro atoms. The summed E-state index contributed by atoms with van der Waals surface area (Å²) in [5.74, 6) is 0.874. The summed E-state index contributed by atoms with van der Waals surface area (Å²) >= 11 is 3.30. The molecule has 0 saturated heterocycles. The zero-order valence-corrected chi connectivity index (χ0v) is 12.3. The number of anilines is 2. The van der Waals surface area contributed by atoms with Crippen molar-refractivity contribution in [2.24, 2.45) is 0 Å². The van der Waals surface area contributed by atoms with E-state index in [9.17, 15) is 0 Å². The summed E-state index contributed by atoms with van der Waals surface area (Å²) in [6, 6.07) is 6.02. The molecule has 0 aliphatic heterocycles. The zero-order valence-electron chi connectivity index (χ0n) is 10.7. The second kappa shape index (κ2) is 5.58. The van der Waals surface area contributed by atoms with Gasteiger partial charge in [-0.1, -0.05) is 35.2 Å². The Bertz CT molecular complexity index is 537. The predicted octanol–water partition coefficient (Wildman–Crippen LogP) is 2.79. The van der Waals surface area contributed by atoms with E-state index in [4.69, 9.17) is 5.73 Å². The lowest BCUT2D eigenvalue weighted by Gasteiger charge is -2.06. The second-order valence-corrected chi connectivity index (χ2v) is 6.34. The highest BCUT2D eigenvalue weighted by atomic mass is 32.2.